The summed E-state index contributed by atoms with van der Waals surface area (Å²) >= 11 is 1.17. The molecule has 3 N–H and O–H groups in total. The van der Waals surface area contributed by atoms with Gasteiger partial charge in [-0.3, -0.25) is 4.79 Å². The Morgan fingerprint density at radius 3 is 2.75 bits per heavy atom. The minimum absolute atomic E-state index is 0.0156. The molecule has 0 saturated carbocycles. The van der Waals surface area contributed by atoms with Crippen LogP contribution in [0.25, 0.3) is 0 Å². The Bertz CT molecular complexity index is 522. The van der Waals surface area contributed by atoms with Crippen molar-refractivity contribution >= 4 is 27.3 Å². The number of nitrogens with one attached hydrogen (secondary N) is 3. The number of hydrogen-bond donors (Lipinski definition) is 3. The standard InChI is InChI=1S/C12H19N3O3S2/c16-12(10-3-5-13-6-4-10)14-7-8-15-20(17,18)11-2-1-9-19-11/h1-2,9-10,13,15H,3-8H2,(H,14,16). The Hall–Kier alpha value is -0.960. The van der Waals surface area contributed by atoms with Gasteiger partial charge in [0.15, 0.2) is 0 Å². The second-order valence-electron chi connectivity index (χ2n) is 4.65. The van der Waals surface area contributed by atoms with Crippen molar-refractivity contribution in [1.82, 2.24) is 15.4 Å². The fourth-order valence-electron chi connectivity index (χ4n) is 2.09. The van der Waals surface area contributed by atoms with E-state index in [4.69, 9.17) is 0 Å². The number of thiophene rings is 1. The maximum absolute atomic E-state index is 11.8. The van der Waals surface area contributed by atoms with E-state index < -0.39 is 10.0 Å². The second kappa shape index (κ2) is 7.16. The third kappa shape index (κ3) is 4.27. The highest BCUT2D eigenvalue weighted by Crippen LogP contribution is 2.14. The first-order valence-electron chi connectivity index (χ1n) is 6.61. The predicted molar refractivity (Wildman–Crippen MR) is 78.1 cm³/mol. The first kappa shape index (κ1) is 15.4. The lowest BCUT2D eigenvalue weighted by atomic mass is 9.97. The third-order valence-electron chi connectivity index (χ3n) is 3.19. The number of rotatable bonds is 6. The van der Waals surface area contributed by atoms with Gasteiger partial charge in [0.2, 0.25) is 15.9 Å². The van der Waals surface area contributed by atoms with E-state index >= 15 is 0 Å². The van der Waals surface area contributed by atoms with Crippen LogP contribution < -0.4 is 15.4 Å². The van der Waals surface area contributed by atoms with Crippen molar-refractivity contribution in [2.75, 3.05) is 26.2 Å². The Morgan fingerprint density at radius 1 is 1.35 bits per heavy atom. The summed E-state index contributed by atoms with van der Waals surface area (Å²) in [5.74, 6) is 0.0620. The number of carbonyl (C=O) groups excluding carboxylic acids is 1. The minimum atomic E-state index is -3.43. The summed E-state index contributed by atoms with van der Waals surface area (Å²) in [7, 11) is -3.43. The predicted octanol–water partition coefficient (Wildman–Crippen LogP) is 0.142. The minimum Gasteiger partial charge on any atom is -0.355 e. The van der Waals surface area contributed by atoms with Crippen LogP contribution in [0, 0.1) is 5.92 Å². The van der Waals surface area contributed by atoms with Crippen molar-refractivity contribution < 1.29 is 13.2 Å². The van der Waals surface area contributed by atoms with Gasteiger partial charge < -0.3 is 10.6 Å². The summed E-state index contributed by atoms with van der Waals surface area (Å²) in [5.41, 5.74) is 0. The molecule has 112 valence electrons. The zero-order valence-electron chi connectivity index (χ0n) is 11.1. The van der Waals surface area contributed by atoms with Gasteiger partial charge in [0, 0.05) is 19.0 Å². The highest BCUT2D eigenvalue weighted by atomic mass is 32.2. The van der Waals surface area contributed by atoms with Crippen molar-refractivity contribution in [2.45, 2.75) is 17.1 Å². The molecule has 2 rings (SSSR count). The van der Waals surface area contributed by atoms with Gasteiger partial charge in [0.1, 0.15) is 4.21 Å². The summed E-state index contributed by atoms with van der Waals surface area (Å²) in [4.78, 5) is 11.8. The molecule has 0 unspecified atom stereocenters. The lowest BCUT2D eigenvalue weighted by molar-refractivity contribution is -0.125. The summed E-state index contributed by atoms with van der Waals surface area (Å²) in [5, 5.41) is 7.70. The largest absolute Gasteiger partial charge is 0.355 e. The monoisotopic (exact) mass is 317 g/mol. The van der Waals surface area contributed by atoms with Crippen LogP contribution in [0.2, 0.25) is 0 Å². The molecule has 2 heterocycles. The van der Waals surface area contributed by atoms with E-state index in [0.717, 1.165) is 25.9 Å². The molecule has 0 aliphatic carbocycles. The molecule has 8 heteroatoms. The number of amides is 1. The van der Waals surface area contributed by atoms with Crippen molar-refractivity contribution in [1.29, 1.82) is 0 Å². The average Bonchev–Trinajstić information content (AvgIpc) is 2.99. The fraction of sp³-hybridized carbons (Fsp3) is 0.583. The van der Waals surface area contributed by atoms with E-state index in [1.54, 1.807) is 17.5 Å². The molecule has 0 spiro atoms. The van der Waals surface area contributed by atoms with Crippen LogP contribution in [0.5, 0.6) is 0 Å². The number of sulfonamides is 1. The van der Waals surface area contributed by atoms with Crippen LogP contribution in [0.1, 0.15) is 12.8 Å². The summed E-state index contributed by atoms with van der Waals surface area (Å²) in [6, 6.07) is 3.25. The SMILES string of the molecule is O=C(NCCNS(=O)(=O)c1cccs1)C1CCNCC1. The van der Waals surface area contributed by atoms with E-state index in [1.165, 1.54) is 11.3 Å². The van der Waals surface area contributed by atoms with Gasteiger partial charge in [0.25, 0.3) is 0 Å². The topological polar surface area (TPSA) is 87.3 Å². The molecule has 1 aliphatic rings. The van der Waals surface area contributed by atoms with Gasteiger partial charge in [-0.15, -0.1) is 11.3 Å². The molecule has 0 bridgehead atoms. The molecule has 0 atom stereocenters. The lowest BCUT2D eigenvalue weighted by Crippen LogP contribution is -2.41. The summed E-state index contributed by atoms with van der Waals surface area (Å²) in [6.07, 6.45) is 1.68. The first-order valence-corrected chi connectivity index (χ1v) is 8.97. The Kier molecular flexibility index (Phi) is 5.53. The third-order valence-corrected chi connectivity index (χ3v) is 6.04. The van der Waals surface area contributed by atoms with E-state index in [9.17, 15) is 13.2 Å². The van der Waals surface area contributed by atoms with Crippen LogP contribution in [0.3, 0.4) is 0 Å². The Labute approximate surface area is 123 Å². The molecule has 0 radical (unpaired) electrons. The highest BCUT2D eigenvalue weighted by molar-refractivity contribution is 7.91. The number of piperidine rings is 1. The molecule has 0 aromatic carbocycles. The van der Waals surface area contributed by atoms with E-state index in [2.05, 4.69) is 15.4 Å². The molecule has 1 amide bonds. The average molecular weight is 317 g/mol. The van der Waals surface area contributed by atoms with Crippen molar-refractivity contribution in [3.05, 3.63) is 17.5 Å². The first-order chi connectivity index (χ1) is 9.59. The van der Waals surface area contributed by atoms with E-state index in [-0.39, 0.29) is 18.4 Å². The van der Waals surface area contributed by atoms with Gasteiger partial charge >= 0.3 is 0 Å². The fourth-order valence-corrected chi connectivity index (χ4v) is 4.16. The zero-order chi connectivity index (χ0) is 14.4. The molecule has 1 saturated heterocycles. The molecule has 6 nitrogen and oxygen atoms in total. The summed E-state index contributed by atoms with van der Waals surface area (Å²) in [6.45, 7) is 2.25. The van der Waals surface area contributed by atoms with Crippen LogP contribution in [0.4, 0.5) is 0 Å². The van der Waals surface area contributed by atoms with Gasteiger partial charge in [-0.25, -0.2) is 13.1 Å². The molecular weight excluding hydrogens is 298 g/mol. The maximum atomic E-state index is 11.8. The highest BCUT2D eigenvalue weighted by Gasteiger charge is 2.20. The normalized spacial score (nSPS) is 17.0. The van der Waals surface area contributed by atoms with Gasteiger partial charge in [-0.05, 0) is 37.4 Å². The molecule has 20 heavy (non-hydrogen) atoms. The Balaban J connectivity index is 1.70. The Morgan fingerprint density at radius 2 is 2.10 bits per heavy atom. The molecule has 1 aromatic heterocycles. The number of carbonyl (C=O) groups is 1. The molecule has 1 aromatic rings. The van der Waals surface area contributed by atoms with Gasteiger partial charge in [0.05, 0.1) is 0 Å². The lowest BCUT2D eigenvalue weighted by Gasteiger charge is -2.21. The van der Waals surface area contributed by atoms with Crippen LogP contribution in [0.15, 0.2) is 21.7 Å². The zero-order valence-corrected chi connectivity index (χ0v) is 12.7. The van der Waals surface area contributed by atoms with E-state index in [1.807, 2.05) is 0 Å². The molecule has 1 fully saturated rings. The molecular formula is C12H19N3O3S2. The van der Waals surface area contributed by atoms with Crippen molar-refractivity contribution in [2.24, 2.45) is 5.92 Å². The van der Waals surface area contributed by atoms with Gasteiger partial charge in [-0.2, -0.15) is 0 Å². The quantitative estimate of drug-likeness (QED) is 0.652. The summed E-state index contributed by atoms with van der Waals surface area (Å²) < 4.78 is 26.4. The smallest absolute Gasteiger partial charge is 0.250 e. The second-order valence-corrected chi connectivity index (χ2v) is 7.59. The number of hydrogen-bond acceptors (Lipinski definition) is 5. The van der Waals surface area contributed by atoms with Crippen LogP contribution in [-0.4, -0.2) is 40.5 Å². The van der Waals surface area contributed by atoms with Crippen LogP contribution in [-0.2, 0) is 14.8 Å². The van der Waals surface area contributed by atoms with Crippen molar-refractivity contribution in [3.8, 4) is 0 Å². The molecule has 1 aliphatic heterocycles. The van der Waals surface area contributed by atoms with Gasteiger partial charge in [-0.1, -0.05) is 6.07 Å². The van der Waals surface area contributed by atoms with Crippen molar-refractivity contribution in [3.63, 3.8) is 0 Å². The van der Waals surface area contributed by atoms with E-state index in [0.29, 0.717) is 10.8 Å². The van der Waals surface area contributed by atoms with Crippen LogP contribution >= 0.6 is 11.3 Å². The maximum Gasteiger partial charge on any atom is 0.250 e.